The molecule has 1 aliphatic carbocycles. The number of hydrogen-bond donors (Lipinski definition) is 2. The molecule has 18 heavy (non-hydrogen) atoms. The van der Waals surface area contributed by atoms with E-state index in [1.807, 2.05) is 6.92 Å². The van der Waals surface area contributed by atoms with Crippen LogP contribution >= 0.6 is 0 Å². The Morgan fingerprint density at radius 1 is 1.28 bits per heavy atom. The second-order valence-electron chi connectivity index (χ2n) is 5.00. The van der Waals surface area contributed by atoms with Crippen molar-refractivity contribution >= 4 is 6.03 Å². The lowest BCUT2D eigenvalue weighted by Gasteiger charge is -2.39. The zero-order valence-corrected chi connectivity index (χ0v) is 10.2. The van der Waals surface area contributed by atoms with Gasteiger partial charge in [0.15, 0.2) is 0 Å². The lowest BCUT2D eigenvalue weighted by molar-refractivity contribution is 0.191. The highest BCUT2D eigenvalue weighted by Crippen LogP contribution is 2.30. The molecule has 0 aliphatic heterocycles. The summed E-state index contributed by atoms with van der Waals surface area (Å²) in [6, 6.07) is 2.91. The molecule has 1 aliphatic rings. The van der Waals surface area contributed by atoms with Gasteiger partial charge in [0, 0.05) is 18.2 Å². The van der Waals surface area contributed by atoms with Gasteiger partial charge < -0.3 is 10.6 Å². The molecule has 0 heterocycles. The van der Waals surface area contributed by atoms with Gasteiger partial charge in [0.1, 0.15) is 11.6 Å². The maximum Gasteiger partial charge on any atom is 0.315 e. The highest BCUT2D eigenvalue weighted by molar-refractivity contribution is 5.74. The Bertz CT molecular complexity index is 438. The van der Waals surface area contributed by atoms with Crippen molar-refractivity contribution in [3.05, 3.63) is 35.4 Å². The minimum atomic E-state index is -0.641. The maximum atomic E-state index is 12.9. The van der Waals surface area contributed by atoms with Crippen molar-refractivity contribution < 1.29 is 13.6 Å². The van der Waals surface area contributed by atoms with Crippen molar-refractivity contribution in [1.82, 2.24) is 10.6 Å². The summed E-state index contributed by atoms with van der Waals surface area (Å²) in [6.45, 7) is 2.09. The SMILES string of the molecule is CC1(NC(=O)NCc2cc(F)cc(F)c2)CCC1. The zero-order valence-electron chi connectivity index (χ0n) is 10.2. The fourth-order valence-electron chi connectivity index (χ4n) is 2.05. The smallest absolute Gasteiger partial charge is 0.315 e. The molecule has 0 bridgehead atoms. The van der Waals surface area contributed by atoms with Gasteiger partial charge in [-0.3, -0.25) is 0 Å². The van der Waals surface area contributed by atoms with E-state index in [2.05, 4.69) is 10.6 Å². The fraction of sp³-hybridized carbons (Fsp3) is 0.462. The summed E-state index contributed by atoms with van der Waals surface area (Å²) in [5.41, 5.74) is 0.276. The molecule has 0 aromatic heterocycles. The van der Waals surface area contributed by atoms with Crippen LogP contribution in [0, 0.1) is 11.6 Å². The molecule has 0 unspecified atom stereocenters. The van der Waals surface area contributed by atoms with E-state index in [1.54, 1.807) is 0 Å². The van der Waals surface area contributed by atoms with Crippen LogP contribution in [-0.2, 0) is 6.54 Å². The number of halogens is 2. The number of rotatable bonds is 3. The van der Waals surface area contributed by atoms with E-state index in [1.165, 1.54) is 12.1 Å². The van der Waals surface area contributed by atoms with Gasteiger partial charge in [0.05, 0.1) is 0 Å². The molecular weight excluding hydrogens is 238 g/mol. The average Bonchev–Trinajstić information content (AvgIpc) is 2.23. The summed E-state index contributed by atoms with van der Waals surface area (Å²) in [6.07, 6.45) is 3.05. The number of nitrogens with one attached hydrogen (secondary N) is 2. The van der Waals surface area contributed by atoms with Crippen molar-refractivity contribution in [3.63, 3.8) is 0 Å². The molecule has 1 saturated carbocycles. The number of hydrogen-bond acceptors (Lipinski definition) is 1. The largest absolute Gasteiger partial charge is 0.334 e. The lowest BCUT2D eigenvalue weighted by Crippen LogP contribution is -2.54. The van der Waals surface area contributed by atoms with Gasteiger partial charge >= 0.3 is 6.03 Å². The highest BCUT2D eigenvalue weighted by atomic mass is 19.1. The van der Waals surface area contributed by atoms with Crippen LogP contribution in [0.25, 0.3) is 0 Å². The summed E-state index contributed by atoms with van der Waals surface area (Å²) in [4.78, 5) is 11.6. The maximum absolute atomic E-state index is 12.9. The van der Waals surface area contributed by atoms with Crippen LogP contribution in [-0.4, -0.2) is 11.6 Å². The van der Waals surface area contributed by atoms with E-state index >= 15 is 0 Å². The highest BCUT2D eigenvalue weighted by Gasteiger charge is 2.32. The lowest BCUT2D eigenvalue weighted by atomic mass is 9.79. The van der Waals surface area contributed by atoms with Gasteiger partial charge in [-0.25, -0.2) is 13.6 Å². The molecule has 0 spiro atoms. The monoisotopic (exact) mass is 254 g/mol. The van der Waals surface area contributed by atoms with E-state index in [-0.39, 0.29) is 18.1 Å². The molecule has 0 saturated heterocycles. The van der Waals surface area contributed by atoms with Crippen molar-refractivity contribution in [2.45, 2.75) is 38.3 Å². The van der Waals surface area contributed by atoms with Crippen LogP contribution in [0.2, 0.25) is 0 Å². The van der Waals surface area contributed by atoms with Crippen LogP contribution in [0.3, 0.4) is 0 Å². The first-order valence-electron chi connectivity index (χ1n) is 5.98. The zero-order chi connectivity index (χ0) is 13.2. The molecule has 5 heteroatoms. The number of amides is 2. The third kappa shape index (κ3) is 3.18. The molecule has 1 fully saturated rings. The average molecular weight is 254 g/mol. The normalized spacial score (nSPS) is 16.8. The Balaban J connectivity index is 1.85. The first kappa shape index (κ1) is 12.8. The Morgan fingerprint density at radius 2 is 1.89 bits per heavy atom. The first-order valence-corrected chi connectivity index (χ1v) is 5.98. The molecule has 1 aromatic rings. The van der Waals surface area contributed by atoms with Gasteiger partial charge in [0.2, 0.25) is 0 Å². The van der Waals surface area contributed by atoms with Crippen molar-refractivity contribution in [3.8, 4) is 0 Å². The molecule has 2 amide bonds. The molecule has 0 radical (unpaired) electrons. The van der Waals surface area contributed by atoms with Crippen molar-refractivity contribution in [2.75, 3.05) is 0 Å². The first-order chi connectivity index (χ1) is 8.47. The quantitative estimate of drug-likeness (QED) is 0.855. The molecule has 98 valence electrons. The second kappa shape index (κ2) is 4.92. The van der Waals surface area contributed by atoms with Gasteiger partial charge in [-0.2, -0.15) is 0 Å². The van der Waals surface area contributed by atoms with E-state index in [0.29, 0.717) is 5.56 Å². The number of benzene rings is 1. The summed E-state index contributed by atoms with van der Waals surface area (Å²) in [5.74, 6) is -1.28. The van der Waals surface area contributed by atoms with Crippen molar-refractivity contribution in [1.29, 1.82) is 0 Å². The Kier molecular flexibility index (Phi) is 3.50. The fourth-order valence-corrected chi connectivity index (χ4v) is 2.05. The van der Waals surface area contributed by atoms with Gasteiger partial charge in [-0.1, -0.05) is 0 Å². The van der Waals surface area contributed by atoms with Crippen LogP contribution < -0.4 is 10.6 Å². The molecule has 2 rings (SSSR count). The Morgan fingerprint density at radius 3 is 2.39 bits per heavy atom. The third-order valence-corrected chi connectivity index (χ3v) is 3.25. The van der Waals surface area contributed by atoms with Gasteiger partial charge in [-0.15, -0.1) is 0 Å². The van der Waals surface area contributed by atoms with Gasteiger partial charge in [0.25, 0.3) is 0 Å². The summed E-state index contributed by atoms with van der Waals surface area (Å²) >= 11 is 0. The standard InChI is InChI=1S/C13H16F2N2O/c1-13(3-2-4-13)17-12(18)16-8-9-5-10(14)7-11(15)6-9/h5-7H,2-4,8H2,1H3,(H2,16,17,18). The van der Waals surface area contributed by atoms with Crippen molar-refractivity contribution in [2.24, 2.45) is 0 Å². The van der Waals surface area contributed by atoms with Crippen LogP contribution in [0.4, 0.5) is 13.6 Å². The van der Waals surface area contributed by atoms with Gasteiger partial charge in [-0.05, 0) is 43.9 Å². The minimum Gasteiger partial charge on any atom is -0.334 e. The molecule has 2 N–H and O–H groups in total. The Hall–Kier alpha value is -1.65. The summed E-state index contributed by atoms with van der Waals surface area (Å²) in [5, 5.41) is 5.45. The van der Waals surface area contributed by atoms with E-state index in [9.17, 15) is 13.6 Å². The van der Waals surface area contributed by atoms with Crippen LogP contribution in [0.1, 0.15) is 31.7 Å². The predicted molar refractivity (Wildman–Crippen MR) is 64.0 cm³/mol. The minimum absolute atomic E-state index is 0.108. The molecule has 3 nitrogen and oxygen atoms in total. The molecular formula is C13H16F2N2O. The van der Waals surface area contributed by atoms with Crippen LogP contribution in [0.5, 0.6) is 0 Å². The Labute approximate surface area is 105 Å². The molecule has 0 atom stereocenters. The second-order valence-corrected chi connectivity index (χ2v) is 5.00. The van der Waals surface area contributed by atoms with E-state index in [0.717, 1.165) is 25.3 Å². The number of urea groups is 1. The summed E-state index contributed by atoms with van der Waals surface area (Å²) < 4.78 is 25.8. The number of carbonyl (C=O) groups excluding carboxylic acids is 1. The van der Waals surface area contributed by atoms with E-state index in [4.69, 9.17) is 0 Å². The number of carbonyl (C=O) groups is 1. The summed E-state index contributed by atoms with van der Waals surface area (Å²) in [7, 11) is 0. The molecule has 1 aromatic carbocycles. The third-order valence-electron chi connectivity index (χ3n) is 3.25. The van der Waals surface area contributed by atoms with E-state index < -0.39 is 11.6 Å². The topological polar surface area (TPSA) is 41.1 Å². The van der Waals surface area contributed by atoms with Crippen LogP contribution in [0.15, 0.2) is 18.2 Å². The predicted octanol–water partition coefficient (Wildman–Crippen LogP) is 2.71.